The van der Waals surface area contributed by atoms with Crippen LogP contribution >= 0.6 is 0 Å². The van der Waals surface area contributed by atoms with Crippen LogP contribution in [-0.2, 0) is 4.74 Å². The van der Waals surface area contributed by atoms with Crippen LogP contribution in [-0.4, -0.2) is 23.3 Å². The zero-order valence-corrected chi connectivity index (χ0v) is 12.7. The van der Waals surface area contributed by atoms with Crippen molar-refractivity contribution >= 4 is 17.7 Å². The second-order valence-electron chi connectivity index (χ2n) is 5.94. The van der Waals surface area contributed by atoms with Gasteiger partial charge in [-0.05, 0) is 26.7 Å². The average Bonchev–Trinajstić information content (AvgIpc) is 2.22. The third kappa shape index (κ3) is 6.26. The number of nitrogens with one attached hydrogen (secondary N) is 1. The Bertz CT molecular complexity index is 467. The first-order chi connectivity index (χ1) is 9.15. The minimum absolute atomic E-state index is 0.275. The van der Waals surface area contributed by atoms with E-state index in [2.05, 4.69) is 10.3 Å². The molecule has 0 radical (unpaired) electrons. The lowest BCUT2D eigenvalue weighted by atomic mass is 10.2. The number of nitrogens with zero attached hydrogens (tertiary/aromatic N) is 1. The molecule has 0 unspecified atom stereocenters. The van der Waals surface area contributed by atoms with Gasteiger partial charge in [0.15, 0.2) is 0 Å². The quantitative estimate of drug-likeness (QED) is 0.885. The molecule has 1 amide bonds. The molecule has 0 aliphatic carbocycles. The third-order valence-corrected chi connectivity index (χ3v) is 2.03. The van der Waals surface area contributed by atoms with Gasteiger partial charge in [0.2, 0.25) is 0 Å². The van der Waals surface area contributed by atoms with E-state index < -0.39 is 11.7 Å². The molecule has 0 saturated heterocycles. The first-order valence-electron chi connectivity index (χ1n) is 6.56. The lowest BCUT2D eigenvalue weighted by molar-refractivity contribution is 0.0635. The summed E-state index contributed by atoms with van der Waals surface area (Å²) in [5, 5.41) is 2.54. The minimum Gasteiger partial charge on any atom is -0.493 e. The number of amides is 1. The second-order valence-corrected chi connectivity index (χ2v) is 5.94. The molecule has 0 aliphatic heterocycles. The summed E-state index contributed by atoms with van der Waals surface area (Å²) in [5.74, 6) is 1.54. The zero-order chi connectivity index (χ0) is 15.3. The molecule has 6 nitrogen and oxygen atoms in total. The van der Waals surface area contributed by atoms with Gasteiger partial charge in [0.25, 0.3) is 0 Å². The Morgan fingerprint density at radius 2 is 2.05 bits per heavy atom. The largest absolute Gasteiger partial charge is 0.493 e. The smallest absolute Gasteiger partial charge is 0.413 e. The van der Waals surface area contributed by atoms with Crippen LogP contribution in [0.15, 0.2) is 12.1 Å². The lowest BCUT2D eigenvalue weighted by Gasteiger charge is -2.19. The van der Waals surface area contributed by atoms with Crippen molar-refractivity contribution < 1.29 is 14.3 Å². The van der Waals surface area contributed by atoms with Gasteiger partial charge in [-0.15, -0.1) is 0 Å². The number of aromatic nitrogens is 1. The van der Waals surface area contributed by atoms with E-state index in [0.717, 1.165) is 0 Å². The highest BCUT2D eigenvalue weighted by Crippen LogP contribution is 2.20. The SMILES string of the molecule is CC(C)COc1cc(N)nc(NC(=O)OC(C)(C)C)c1. The summed E-state index contributed by atoms with van der Waals surface area (Å²) < 4.78 is 10.7. The molecule has 0 spiro atoms. The van der Waals surface area contributed by atoms with Crippen molar-refractivity contribution in [3.63, 3.8) is 0 Å². The summed E-state index contributed by atoms with van der Waals surface area (Å²) in [6, 6.07) is 3.23. The number of pyridine rings is 1. The molecule has 20 heavy (non-hydrogen) atoms. The molecule has 0 atom stereocenters. The number of nitrogen functional groups attached to an aromatic ring is 1. The molecular formula is C14H23N3O3. The number of rotatable bonds is 4. The van der Waals surface area contributed by atoms with E-state index in [1.807, 2.05) is 13.8 Å². The Balaban J connectivity index is 2.73. The molecule has 0 aliphatic rings. The second kappa shape index (κ2) is 6.45. The van der Waals surface area contributed by atoms with Gasteiger partial charge in [0, 0.05) is 12.1 Å². The van der Waals surface area contributed by atoms with E-state index in [1.165, 1.54) is 0 Å². The maximum absolute atomic E-state index is 11.7. The molecule has 0 bridgehead atoms. The number of hydrogen-bond acceptors (Lipinski definition) is 5. The monoisotopic (exact) mass is 281 g/mol. The highest BCUT2D eigenvalue weighted by molar-refractivity contribution is 5.84. The maximum atomic E-state index is 11.7. The fraction of sp³-hybridized carbons (Fsp3) is 0.571. The fourth-order valence-electron chi connectivity index (χ4n) is 1.34. The van der Waals surface area contributed by atoms with Crippen LogP contribution in [0.1, 0.15) is 34.6 Å². The van der Waals surface area contributed by atoms with Crippen LogP contribution < -0.4 is 15.8 Å². The van der Waals surface area contributed by atoms with Crippen molar-refractivity contribution in [3.05, 3.63) is 12.1 Å². The highest BCUT2D eigenvalue weighted by Gasteiger charge is 2.17. The Hall–Kier alpha value is -1.98. The fourth-order valence-corrected chi connectivity index (χ4v) is 1.34. The molecule has 0 fully saturated rings. The van der Waals surface area contributed by atoms with Crippen molar-refractivity contribution in [2.24, 2.45) is 5.92 Å². The standard InChI is InChI=1S/C14H23N3O3/c1-9(2)8-19-10-6-11(15)16-12(7-10)17-13(18)20-14(3,4)5/h6-7,9H,8H2,1-5H3,(H3,15,16,17,18). The van der Waals surface area contributed by atoms with Gasteiger partial charge in [-0.1, -0.05) is 13.8 Å². The van der Waals surface area contributed by atoms with Gasteiger partial charge in [-0.2, -0.15) is 0 Å². The van der Waals surface area contributed by atoms with Crippen molar-refractivity contribution in [3.8, 4) is 5.75 Å². The Morgan fingerprint density at radius 1 is 1.40 bits per heavy atom. The number of hydrogen-bond donors (Lipinski definition) is 2. The Morgan fingerprint density at radius 3 is 2.60 bits per heavy atom. The summed E-state index contributed by atoms with van der Waals surface area (Å²) in [6.45, 7) is 10.0. The molecule has 3 N–H and O–H groups in total. The Labute approximate surface area is 119 Å². The molecule has 112 valence electrons. The van der Waals surface area contributed by atoms with Gasteiger partial charge in [-0.25, -0.2) is 9.78 Å². The van der Waals surface area contributed by atoms with Gasteiger partial charge in [0.05, 0.1) is 6.61 Å². The van der Waals surface area contributed by atoms with Gasteiger partial charge < -0.3 is 15.2 Å². The van der Waals surface area contributed by atoms with Crippen molar-refractivity contribution in [1.82, 2.24) is 4.98 Å². The lowest BCUT2D eigenvalue weighted by Crippen LogP contribution is -2.27. The van der Waals surface area contributed by atoms with Crippen LogP contribution in [0.25, 0.3) is 0 Å². The minimum atomic E-state index is -0.578. The van der Waals surface area contributed by atoms with E-state index in [4.69, 9.17) is 15.2 Å². The normalized spacial score (nSPS) is 11.3. The number of anilines is 2. The predicted molar refractivity (Wildman–Crippen MR) is 78.8 cm³/mol. The van der Waals surface area contributed by atoms with Gasteiger partial charge in [-0.3, -0.25) is 5.32 Å². The molecular weight excluding hydrogens is 258 g/mol. The van der Waals surface area contributed by atoms with Crippen LogP contribution in [0.3, 0.4) is 0 Å². The zero-order valence-electron chi connectivity index (χ0n) is 12.7. The third-order valence-electron chi connectivity index (χ3n) is 2.03. The summed E-state index contributed by atoms with van der Waals surface area (Å²) in [6.07, 6.45) is -0.578. The average molecular weight is 281 g/mol. The van der Waals surface area contributed by atoms with Crippen LogP contribution in [0, 0.1) is 5.92 Å². The number of nitrogens with two attached hydrogens (primary N) is 1. The maximum Gasteiger partial charge on any atom is 0.413 e. The number of ether oxygens (including phenoxy) is 2. The topological polar surface area (TPSA) is 86.5 Å². The molecule has 1 rings (SSSR count). The predicted octanol–water partition coefficient (Wildman–Crippen LogP) is 3.05. The van der Waals surface area contributed by atoms with Crippen molar-refractivity contribution in [2.45, 2.75) is 40.2 Å². The van der Waals surface area contributed by atoms with E-state index in [1.54, 1.807) is 32.9 Å². The first-order valence-corrected chi connectivity index (χ1v) is 6.56. The van der Waals surface area contributed by atoms with Crippen molar-refractivity contribution in [2.75, 3.05) is 17.7 Å². The number of carbonyl (C=O) groups excluding carboxylic acids is 1. The van der Waals surface area contributed by atoms with Crippen molar-refractivity contribution in [1.29, 1.82) is 0 Å². The van der Waals surface area contributed by atoms with E-state index >= 15 is 0 Å². The summed E-state index contributed by atoms with van der Waals surface area (Å²) in [5.41, 5.74) is 5.12. The summed E-state index contributed by atoms with van der Waals surface area (Å²) in [4.78, 5) is 15.7. The molecule has 1 aromatic rings. The van der Waals surface area contributed by atoms with Gasteiger partial charge >= 0.3 is 6.09 Å². The molecule has 1 aromatic heterocycles. The van der Waals surface area contributed by atoms with Crippen LogP contribution in [0.4, 0.5) is 16.4 Å². The molecule has 1 heterocycles. The van der Waals surface area contributed by atoms with Crippen LogP contribution in [0.5, 0.6) is 5.75 Å². The van der Waals surface area contributed by atoms with E-state index in [0.29, 0.717) is 24.1 Å². The summed E-state index contributed by atoms with van der Waals surface area (Å²) in [7, 11) is 0. The van der Waals surface area contributed by atoms with Crippen LogP contribution in [0.2, 0.25) is 0 Å². The Kier molecular flexibility index (Phi) is 5.19. The summed E-state index contributed by atoms with van der Waals surface area (Å²) >= 11 is 0. The van der Waals surface area contributed by atoms with E-state index in [9.17, 15) is 4.79 Å². The number of carbonyl (C=O) groups is 1. The molecule has 0 saturated carbocycles. The molecule has 0 aromatic carbocycles. The van der Waals surface area contributed by atoms with E-state index in [-0.39, 0.29) is 5.82 Å². The van der Waals surface area contributed by atoms with Gasteiger partial charge in [0.1, 0.15) is 23.0 Å². The first kappa shape index (κ1) is 16.1. The molecule has 6 heteroatoms. The highest BCUT2D eigenvalue weighted by atomic mass is 16.6.